The first-order valence-electron chi connectivity index (χ1n) is 7.99. The van der Waals surface area contributed by atoms with E-state index in [1.165, 1.54) is 0 Å². The fraction of sp³-hybridized carbons (Fsp3) is 0.389. The van der Waals surface area contributed by atoms with E-state index in [-0.39, 0.29) is 18.4 Å². The number of carbonyl (C=O) groups excluding carboxylic acids is 1. The molecule has 1 aromatic heterocycles. The maximum Gasteiger partial charge on any atom is 0.303 e. The van der Waals surface area contributed by atoms with E-state index in [4.69, 9.17) is 5.11 Å². The van der Waals surface area contributed by atoms with Crippen molar-refractivity contribution in [3.63, 3.8) is 0 Å². The number of benzene rings is 1. The average Bonchev–Trinajstić information content (AvgIpc) is 2.97. The number of thiazole rings is 1. The quantitative estimate of drug-likeness (QED) is 0.731. The molecule has 0 aliphatic rings. The van der Waals surface area contributed by atoms with E-state index in [2.05, 4.69) is 10.3 Å². The number of aryl methyl sites for hydroxylation is 2. The lowest BCUT2D eigenvalue weighted by Crippen LogP contribution is -2.37. The summed E-state index contributed by atoms with van der Waals surface area (Å²) in [6.07, 6.45) is 2.08. The molecular weight excluding hydrogens is 324 g/mol. The van der Waals surface area contributed by atoms with Crippen molar-refractivity contribution < 1.29 is 14.7 Å². The molecule has 2 N–H and O–H groups in total. The van der Waals surface area contributed by atoms with Crippen molar-refractivity contribution in [2.24, 2.45) is 0 Å². The smallest absolute Gasteiger partial charge is 0.303 e. The molecule has 1 amide bonds. The van der Waals surface area contributed by atoms with Crippen LogP contribution in [-0.2, 0) is 22.4 Å². The Hall–Kier alpha value is -2.21. The zero-order valence-electron chi connectivity index (χ0n) is 13.7. The summed E-state index contributed by atoms with van der Waals surface area (Å²) in [6, 6.07) is 9.61. The van der Waals surface area contributed by atoms with Gasteiger partial charge in [-0.25, -0.2) is 4.98 Å². The Labute approximate surface area is 145 Å². The minimum atomic E-state index is -0.847. The van der Waals surface area contributed by atoms with Crippen LogP contribution in [0.25, 0.3) is 0 Å². The maximum atomic E-state index is 12.2. The third-order valence-corrected chi connectivity index (χ3v) is 4.66. The number of hydrogen-bond donors (Lipinski definition) is 2. The Balaban J connectivity index is 1.88. The highest BCUT2D eigenvalue weighted by atomic mass is 32.1. The highest BCUT2D eigenvalue weighted by Gasteiger charge is 2.15. The molecule has 1 atom stereocenters. The van der Waals surface area contributed by atoms with Crippen molar-refractivity contribution in [2.45, 2.75) is 45.1 Å². The van der Waals surface area contributed by atoms with Crippen LogP contribution in [0.4, 0.5) is 0 Å². The number of carboxylic acids is 1. The van der Waals surface area contributed by atoms with E-state index < -0.39 is 5.97 Å². The van der Waals surface area contributed by atoms with Gasteiger partial charge in [0.25, 0.3) is 0 Å². The molecule has 0 spiro atoms. The minimum Gasteiger partial charge on any atom is -0.481 e. The van der Waals surface area contributed by atoms with E-state index in [1.54, 1.807) is 11.3 Å². The van der Waals surface area contributed by atoms with Gasteiger partial charge < -0.3 is 10.4 Å². The molecule has 6 heteroatoms. The first kappa shape index (κ1) is 18.1. The van der Waals surface area contributed by atoms with Gasteiger partial charge in [0.1, 0.15) is 0 Å². The topological polar surface area (TPSA) is 79.3 Å². The number of nitrogens with zero attached hydrogens (tertiary/aromatic N) is 1. The number of carbonyl (C=O) groups is 2. The summed E-state index contributed by atoms with van der Waals surface area (Å²) in [4.78, 5) is 27.4. The molecule has 5 nitrogen and oxygen atoms in total. The Bertz CT molecular complexity index is 670. The van der Waals surface area contributed by atoms with Gasteiger partial charge in [-0.3, -0.25) is 9.59 Å². The first-order valence-corrected chi connectivity index (χ1v) is 8.87. The summed E-state index contributed by atoms with van der Waals surface area (Å²) >= 11 is 1.56. The van der Waals surface area contributed by atoms with E-state index in [0.717, 1.165) is 16.3 Å². The number of carboxylic acid groups (broad SMARTS) is 1. The maximum absolute atomic E-state index is 12.2. The number of hydrogen-bond acceptors (Lipinski definition) is 4. The molecule has 2 rings (SSSR count). The molecule has 0 radical (unpaired) electrons. The van der Waals surface area contributed by atoms with Crippen LogP contribution in [-0.4, -0.2) is 28.0 Å². The van der Waals surface area contributed by atoms with Gasteiger partial charge >= 0.3 is 5.97 Å². The van der Waals surface area contributed by atoms with Crippen molar-refractivity contribution in [3.8, 4) is 0 Å². The van der Waals surface area contributed by atoms with Gasteiger partial charge in [-0.2, -0.15) is 0 Å². The predicted octanol–water partition coefficient (Wildman–Crippen LogP) is 2.98. The number of nitrogens with one attached hydrogen (secondary N) is 1. The fourth-order valence-corrected chi connectivity index (χ4v) is 3.24. The molecule has 128 valence electrons. The van der Waals surface area contributed by atoms with Crippen molar-refractivity contribution >= 4 is 23.2 Å². The van der Waals surface area contributed by atoms with Crippen LogP contribution in [0.15, 0.2) is 35.7 Å². The highest BCUT2D eigenvalue weighted by molar-refractivity contribution is 7.09. The lowest BCUT2D eigenvalue weighted by Gasteiger charge is -2.18. The van der Waals surface area contributed by atoms with Gasteiger partial charge in [-0.1, -0.05) is 30.3 Å². The summed E-state index contributed by atoms with van der Waals surface area (Å²) in [5.41, 5.74) is 2.06. The third kappa shape index (κ3) is 6.50. The van der Waals surface area contributed by atoms with Crippen LogP contribution in [0.2, 0.25) is 0 Å². The Morgan fingerprint density at radius 3 is 2.62 bits per heavy atom. The van der Waals surface area contributed by atoms with Crippen molar-refractivity contribution in [2.75, 3.05) is 0 Å². The molecule has 0 aliphatic heterocycles. The van der Waals surface area contributed by atoms with Crippen molar-refractivity contribution in [1.82, 2.24) is 10.3 Å². The normalized spacial score (nSPS) is 11.9. The van der Waals surface area contributed by atoms with Crippen LogP contribution < -0.4 is 5.32 Å². The van der Waals surface area contributed by atoms with Gasteiger partial charge in [0.05, 0.1) is 5.01 Å². The van der Waals surface area contributed by atoms with Crippen molar-refractivity contribution in [1.29, 1.82) is 0 Å². The molecule has 1 heterocycles. The molecule has 24 heavy (non-hydrogen) atoms. The van der Waals surface area contributed by atoms with Crippen LogP contribution in [0.3, 0.4) is 0 Å². The van der Waals surface area contributed by atoms with E-state index in [9.17, 15) is 9.59 Å². The molecule has 0 saturated heterocycles. The number of aromatic nitrogens is 1. The van der Waals surface area contributed by atoms with Crippen LogP contribution >= 0.6 is 11.3 Å². The summed E-state index contributed by atoms with van der Waals surface area (Å²) in [7, 11) is 0. The SMILES string of the molecule is Cc1csc(CCC(=O)NC(CCC(=O)O)Cc2ccccc2)n1. The average molecular weight is 346 g/mol. The fourth-order valence-electron chi connectivity index (χ4n) is 2.46. The molecule has 2 aromatic rings. The second kappa shape index (κ2) is 9.17. The minimum absolute atomic E-state index is 0.0451. The monoisotopic (exact) mass is 346 g/mol. The summed E-state index contributed by atoms with van der Waals surface area (Å²) in [6.45, 7) is 1.93. The first-order chi connectivity index (χ1) is 11.5. The standard InChI is InChI=1S/C18H22N2O3S/c1-13-12-24-17(19-13)9-8-16(21)20-15(7-10-18(22)23)11-14-5-3-2-4-6-14/h2-6,12,15H,7-11H2,1H3,(H,20,21)(H,22,23). The third-order valence-electron chi connectivity index (χ3n) is 3.63. The van der Waals surface area contributed by atoms with Gasteiger partial charge in [0, 0.05) is 36.4 Å². The Morgan fingerprint density at radius 1 is 1.25 bits per heavy atom. The second-order valence-electron chi connectivity index (χ2n) is 5.77. The summed E-state index contributed by atoms with van der Waals surface area (Å²) < 4.78 is 0. The lowest BCUT2D eigenvalue weighted by molar-refractivity contribution is -0.137. The predicted molar refractivity (Wildman–Crippen MR) is 94.1 cm³/mol. The Kier molecular flexibility index (Phi) is 6.93. The van der Waals surface area contributed by atoms with Crippen LogP contribution in [0, 0.1) is 6.92 Å². The number of rotatable bonds is 9. The lowest BCUT2D eigenvalue weighted by atomic mass is 10.0. The van der Waals surface area contributed by atoms with E-state index >= 15 is 0 Å². The Morgan fingerprint density at radius 2 is 2.00 bits per heavy atom. The molecular formula is C18H22N2O3S. The van der Waals surface area contributed by atoms with E-state index in [0.29, 0.717) is 25.7 Å². The largest absolute Gasteiger partial charge is 0.481 e. The van der Waals surface area contributed by atoms with Gasteiger partial charge in [-0.15, -0.1) is 11.3 Å². The van der Waals surface area contributed by atoms with Gasteiger partial charge in [-0.05, 0) is 25.3 Å². The van der Waals surface area contributed by atoms with Gasteiger partial charge in [0.15, 0.2) is 0 Å². The van der Waals surface area contributed by atoms with E-state index in [1.807, 2.05) is 42.6 Å². The van der Waals surface area contributed by atoms with Gasteiger partial charge in [0.2, 0.25) is 5.91 Å². The second-order valence-corrected chi connectivity index (χ2v) is 6.71. The highest BCUT2D eigenvalue weighted by Crippen LogP contribution is 2.12. The molecule has 1 aromatic carbocycles. The zero-order valence-corrected chi connectivity index (χ0v) is 14.5. The number of amides is 1. The van der Waals surface area contributed by atoms with Crippen LogP contribution in [0.5, 0.6) is 0 Å². The zero-order chi connectivity index (χ0) is 17.4. The van der Waals surface area contributed by atoms with Crippen molar-refractivity contribution in [3.05, 3.63) is 52.0 Å². The molecule has 0 aliphatic carbocycles. The molecule has 0 fully saturated rings. The van der Waals surface area contributed by atoms with Crippen LogP contribution in [0.1, 0.15) is 35.5 Å². The summed E-state index contributed by atoms with van der Waals surface area (Å²) in [5, 5.41) is 14.8. The molecule has 0 saturated carbocycles. The molecule has 0 bridgehead atoms. The number of aliphatic carboxylic acids is 1. The molecule has 1 unspecified atom stereocenters. The summed E-state index contributed by atoms with van der Waals surface area (Å²) in [5.74, 6) is -0.908.